The summed E-state index contributed by atoms with van der Waals surface area (Å²) in [5.41, 5.74) is 2.76. The maximum Gasteiger partial charge on any atom is 0.308 e. The Morgan fingerprint density at radius 3 is 2.29 bits per heavy atom. The molecule has 0 aliphatic rings. The van der Waals surface area contributed by atoms with Crippen LogP contribution in [0.4, 0.5) is 5.69 Å². The van der Waals surface area contributed by atoms with E-state index < -0.39 is 11.9 Å². The van der Waals surface area contributed by atoms with E-state index in [2.05, 4.69) is 22.7 Å². The minimum absolute atomic E-state index is 0.193. The molecule has 8 heteroatoms. The fraction of sp³-hybridized carbons (Fsp3) is 0.273. The van der Waals surface area contributed by atoms with Crippen molar-refractivity contribution in [2.24, 2.45) is 10.9 Å². The summed E-state index contributed by atoms with van der Waals surface area (Å²) in [5.74, 6) is 0.435. The van der Waals surface area contributed by atoms with Gasteiger partial charge in [0, 0.05) is 6.07 Å². The van der Waals surface area contributed by atoms with E-state index in [0.717, 1.165) is 46.9 Å². The molecule has 0 amide bonds. The number of benzene rings is 4. The lowest BCUT2D eigenvalue weighted by Gasteiger charge is -2.13. The van der Waals surface area contributed by atoms with Gasteiger partial charge in [0.05, 0.1) is 19.1 Å². The van der Waals surface area contributed by atoms with E-state index in [1.165, 1.54) is 0 Å². The second-order valence-corrected chi connectivity index (χ2v) is 9.72. The normalized spacial score (nSPS) is 11.6. The Bertz CT molecular complexity index is 1420. The summed E-state index contributed by atoms with van der Waals surface area (Å²) < 4.78 is 18.0. The average Bonchev–Trinajstić information content (AvgIpc) is 3.00. The molecule has 0 saturated heterocycles. The fourth-order valence-electron chi connectivity index (χ4n) is 4.41. The molecule has 4 rings (SSSR count). The predicted molar refractivity (Wildman–Crippen MR) is 158 cm³/mol. The maximum absolute atomic E-state index is 11.1. The van der Waals surface area contributed by atoms with Crippen molar-refractivity contribution >= 4 is 29.1 Å². The molecule has 1 atom stereocenters. The van der Waals surface area contributed by atoms with E-state index in [1.54, 1.807) is 0 Å². The van der Waals surface area contributed by atoms with Crippen molar-refractivity contribution in [3.05, 3.63) is 96.1 Å². The number of hydrogen-bond donors (Lipinski definition) is 2. The van der Waals surface area contributed by atoms with Crippen molar-refractivity contribution in [2.75, 3.05) is 13.2 Å². The number of carboxylic acids is 1. The summed E-state index contributed by atoms with van der Waals surface area (Å²) in [6, 6.07) is 27.7. The van der Waals surface area contributed by atoms with Crippen LogP contribution in [0.1, 0.15) is 36.8 Å². The number of carboxylic acid groups (broad SMARTS) is 1. The first-order chi connectivity index (χ1) is 20.1. The second kappa shape index (κ2) is 15.4. The molecular weight excluding hydrogens is 522 g/mol. The molecule has 0 saturated carbocycles. The van der Waals surface area contributed by atoms with Crippen molar-refractivity contribution in [1.82, 2.24) is 0 Å². The number of fused-ring (bicyclic) bond motifs is 1. The van der Waals surface area contributed by atoms with Gasteiger partial charge in [-0.3, -0.25) is 15.0 Å². The molecule has 4 aromatic rings. The Labute approximate surface area is 239 Å². The van der Waals surface area contributed by atoms with E-state index in [-0.39, 0.29) is 6.61 Å². The molecule has 41 heavy (non-hydrogen) atoms. The SMILES string of the molecule is C=Nc1ccc(OCc2ccccc2)cc1OCc1ccc2cc(OCCCCCC(COO)C(=O)O)ccc2c1. The van der Waals surface area contributed by atoms with Crippen molar-refractivity contribution in [3.8, 4) is 17.2 Å². The van der Waals surface area contributed by atoms with Crippen LogP contribution in [-0.4, -0.2) is 36.3 Å². The first-order valence-corrected chi connectivity index (χ1v) is 13.6. The third-order valence-corrected chi connectivity index (χ3v) is 6.71. The molecule has 4 aromatic carbocycles. The number of aliphatic imine (C=N–C) groups is 1. The summed E-state index contributed by atoms with van der Waals surface area (Å²) in [6.45, 7) is 4.84. The molecule has 214 valence electrons. The lowest BCUT2D eigenvalue weighted by atomic mass is 10.0. The number of aliphatic carboxylic acids is 1. The van der Waals surface area contributed by atoms with Crippen LogP contribution in [0.5, 0.6) is 17.2 Å². The Morgan fingerprint density at radius 2 is 1.51 bits per heavy atom. The third-order valence-electron chi connectivity index (χ3n) is 6.71. The van der Waals surface area contributed by atoms with Crippen LogP contribution in [0.25, 0.3) is 10.8 Å². The summed E-state index contributed by atoms with van der Waals surface area (Å²) in [6.07, 6.45) is 2.82. The monoisotopic (exact) mass is 557 g/mol. The molecule has 0 fully saturated rings. The van der Waals surface area contributed by atoms with Gasteiger partial charge < -0.3 is 19.3 Å². The number of unbranched alkanes of at least 4 members (excludes halogenated alkanes) is 2. The Morgan fingerprint density at radius 1 is 0.780 bits per heavy atom. The van der Waals surface area contributed by atoms with Crippen molar-refractivity contribution in [2.45, 2.75) is 38.9 Å². The van der Waals surface area contributed by atoms with Gasteiger partial charge in [0.15, 0.2) is 0 Å². The first-order valence-electron chi connectivity index (χ1n) is 13.6. The van der Waals surface area contributed by atoms with Crippen molar-refractivity contribution in [3.63, 3.8) is 0 Å². The minimum atomic E-state index is -0.960. The Hall–Kier alpha value is -4.40. The van der Waals surface area contributed by atoms with Crippen LogP contribution in [0.2, 0.25) is 0 Å². The van der Waals surface area contributed by atoms with E-state index in [1.807, 2.05) is 78.9 Å². The highest BCUT2D eigenvalue weighted by atomic mass is 17.1. The van der Waals surface area contributed by atoms with Gasteiger partial charge in [0.2, 0.25) is 0 Å². The highest BCUT2D eigenvalue weighted by Gasteiger charge is 2.17. The fourth-order valence-corrected chi connectivity index (χ4v) is 4.41. The molecule has 0 bridgehead atoms. The van der Waals surface area contributed by atoms with Gasteiger partial charge >= 0.3 is 5.97 Å². The van der Waals surface area contributed by atoms with Crippen LogP contribution in [0.15, 0.2) is 89.9 Å². The number of carbonyl (C=O) groups is 1. The molecule has 0 heterocycles. The lowest BCUT2D eigenvalue weighted by Crippen LogP contribution is -2.19. The average molecular weight is 558 g/mol. The van der Waals surface area contributed by atoms with Crippen LogP contribution < -0.4 is 14.2 Å². The van der Waals surface area contributed by atoms with Gasteiger partial charge in [-0.05, 0) is 71.8 Å². The van der Waals surface area contributed by atoms with Crippen molar-refractivity contribution < 1.29 is 34.3 Å². The summed E-state index contributed by atoms with van der Waals surface area (Å²) in [4.78, 5) is 19.2. The number of hydrogen-bond acceptors (Lipinski definition) is 7. The Kier molecular flexibility index (Phi) is 11.1. The van der Waals surface area contributed by atoms with Crippen LogP contribution in [0, 0.1) is 5.92 Å². The third kappa shape index (κ3) is 9.06. The molecule has 0 aromatic heterocycles. The number of ether oxygens (including phenoxy) is 3. The van der Waals surface area contributed by atoms with Gasteiger partial charge in [0.1, 0.15) is 36.1 Å². The second-order valence-electron chi connectivity index (χ2n) is 9.72. The first kappa shape index (κ1) is 29.6. The molecule has 0 radical (unpaired) electrons. The van der Waals surface area contributed by atoms with E-state index >= 15 is 0 Å². The molecule has 8 nitrogen and oxygen atoms in total. The summed E-state index contributed by atoms with van der Waals surface area (Å²) >= 11 is 0. The van der Waals surface area contributed by atoms with Gasteiger partial charge in [-0.15, -0.1) is 0 Å². The highest BCUT2D eigenvalue weighted by molar-refractivity contribution is 5.84. The zero-order valence-electron chi connectivity index (χ0n) is 22.9. The molecule has 0 aliphatic carbocycles. The summed E-state index contributed by atoms with van der Waals surface area (Å²) in [5, 5.41) is 19.7. The molecule has 2 N–H and O–H groups in total. The predicted octanol–water partition coefficient (Wildman–Crippen LogP) is 7.46. The van der Waals surface area contributed by atoms with E-state index in [4.69, 9.17) is 24.6 Å². The number of nitrogens with zero attached hydrogens (tertiary/aromatic N) is 1. The molecule has 0 spiro atoms. The van der Waals surface area contributed by atoms with Gasteiger partial charge in [-0.25, -0.2) is 4.89 Å². The quantitative estimate of drug-likeness (QED) is 0.0600. The Balaban J connectivity index is 1.27. The van der Waals surface area contributed by atoms with E-state index in [0.29, 0.717) is 43.4 Å². The lowest BCUT2D eigenvalue weighted by molar-refractivity contribution is -0.251. The molecular formula is C33H35NO7. The highest BCUT2D eigenvalue weighted by Crippen LogP contribution is 2.33. The van der Waals surface area contributed by atoms with E-state index in [9.17, 15) is 4.79 Å². The largest absolute Gasteiger partial charge is 0.494 e. The smallest absolute Gasteiger partial charge is 0.308 e. The van der Waals surface area contributed by atoms with Crippen LogP contribution in [-0.2, 0) is 22.9 Å². The van der Waals surface area contributed by atoms with Gasteiger partial charge in [0.25, 0.3) is 0 Å². The van der Waals surface area contributed by atoms with Crippen LogP contribution in [0.3, 0.4) is 0 Å². The van der Waals surface area contributed by atoms with Crippen molar-refractivity contribution in [1.29, 1.82) is 0 Å². The zero-order valence-corrected chi connectivity index (χ0v) is 22.9. The number of rotatable bonds is 17. The van der Waals surface area contributed by atoms with Crippen LogP contribution >= 0.6 is 0 Å². The standard InChI is InChI=1S/C33H35NO7/c1-34-31-16-15-30(39-21-24-8-4-2-5-9-24)20-32(31)40-22-25-11-12-27-19-29(14-13-26(27)18-25)38-17-7-3-6-10-28(23-41-37)33(35)36/h2,4-5,8-9,11-16,18-20,28,37H,1,3,6-7,10,17,21-23H2,(H,35,36). The van der Waals surface area contributed by atoms with Gasteiger partial charge in [-0.2, -0.15) is 0 Å². The summed E-state index contributed by atoms with van der Waals surface area (Å²) in [7, 11) is 0. The topological polar surface area (TPSA) is 107 Å². The van der Waals surface area contributed by atoms with Gasteiger partial charge in [-0.1, -0.05) is 61.4 Å². The molecule has 0 aliphatic heterocycles. The minimum Gasteiger partial charge on any atom is -0.494 e. The molecule has 1 unspecified atom stereocenters. The zero-order chi connectivity index (χ0) is 28.9. The maximum atomic E-state index is 11.1.